The highest BCUT2D eigenvalue weighted by Crippen LogP contribution is 2.24. The lowest BCUT2D eigenvalue weighted by Gasteiger charge is -2.09. The Bertz CT molecular complexity index is 512. The number of rotatable bonds is 6. The highest BCUT2D eigenvalue weighted by Gasteiger charge is 2.10. The predicted molar refractivity (Wildman–Crippen MR) is 81.9 cm³/mol. The molecule has 3 heteroatoms. The molecule has 0 N–H and O–H groups in total. The fourth-order valence-corrected chi connectivity index (χ4v) is 2.00. The molecule has 0 heterocycles. The largest absolute Gasteiger partial charge is 0.257 e. The lowest BCUT2D eigenvalue weighted by atomic mass is 10.1. The van der Waals surface area contributed by atoms with Crippen molar-refractivity contribution in [3.8, 4) is 0 Å². The number of allylic oxidation sites excluding steroid dienone is 1. The first-order valence-corrected chi connectivity index (χ1v) is 7.12. The van der Waals surface area contributed by atoms with Crippen molar-refractivity contribution in [1.29, 1.82) is 0 Å². The summed E-state index contributed by atoms with van der Waals surface area (Å²) in [5.41, 5.74) is 2.88. The molecule has 0 aliphatic carbocycles. The zero-order valence-corrected chi connectivity index (χ0v) is 12.8. The molecule has 0 aliphatic rings. The van der Waals surface area contributed by atoms with E-state index < -0.39 is 11.6 Å². The van der Waals surface area contributed by atoms with Gasteiger partial charge >= 0.3 is 0 Å². The van der Waals surface area contributed by atoms with E-state index in [-0.39, 0.29) is 0 Å². The molecular weight excluding hydrogens is 256 g/mol. The summed E-state index contributed by atoms with van der Waals surface area (Å²) in [5.74, 6) is -1.13. The summed E-state index contributed by atoms with van der Waals surface area (Å²) in [5, 5.41) is 0. The number of hydrogen-bond acceptors (Lipinski definition) is 1. The summed E-state index contributed by atoms with van der Waals surface area (Å²) in [6.45, 7) is 7.89. The number of halogens is 2. The fraction of sp³-hybridized carbons (Fsp3) is 0.471. The Labute approximate surface area is 120 Å². The molecule has 20 heavy (non-hydrogen) atoms. The Hall–Kier alpha value is -1.51. The Morgan fingerprint density at radius 1 is 1.10 bits per heavy atom. The summed E-state index contributed by atoms with van der Waals surface area (Å²) < 4.78 is 26.9. The van der Waals surface area contributed by atoms with Crippen LogP contribution in [0.15, 0.2) is 28.8 Å². The smallest absolute Gasteiger partial charge is 0.135 e. The third-order valence-electron chi connectivity index (χ3n) is 3.10. The normalized spacial score (nSPS) is 11.6. The number of hydrogen-bond donors (Lipinski definition) is 0. The van der Waals surface area contributed by atoms with Crippen LogP contribution in [0.4, 0.5) is 8.78 Å². The minimum absolute atomic E-state index is 0.362. The average molecular weight is 279 g/mol. The van der Waals surface area contributed by atoms with Crippen LogP contribution in [0.5, 0.6) is 0 Å². The third-order valence-corrected chi connectivity index (χ3v) is 3.10. The van der Waals surface area contributed by atoms with E-state index in [0.717, 1.165) is 36.6 Å². The first-order valence-electron chi connectivity index (χ1n) is 7.12. The highest BCUT2D eigenvalue weighted by atomic mass is 19.1. The van der Waals surface area contributed by atoms with Gasteiger partial charge in [0, 0.05) is 17.3 Å². The second kappa shape index (κ2) is 7.93. The van der Waals surface area contributed by atoms with Crippen LogP contribution in [0, 0.1) is 11.6 Å². The molecule has 1 rings (SSSR count). The molecule has 0 aliphatic heterocycles. The van der Waals surface area contributed by atoms with E-state index in [0.29, 0.717) is 11.3 Å². The van der Waals surface area contributed by atoms with Crippen LogP contribution < -0.4 is 0 Å². The molecule has 0 spiro atoms. The third kappa shape index (κ3) is 4.87. The summed E-state index contributed by atoms with van der Waals surface area (Å²) in [4.78, 5) is 4.54. The zero-order chi connectivity index (χ0) is 15.1. The van der Waals surface area contributed by atoms with Crippen LogP contribution in [0.3, 0.4) is 0 Å². The SMILES string of the molecule is CCCCCC(C)=NC(=C(C)C)c1ccc(F)cc1F. The molecule has 0 fully saturated rings. The summed E-state index contributed by atoms with van der Waals surface area (Å²) >= 11 is 0. The second-order valence-electron chi connectivity index (χ2n) is 5.28. The molecule has 0 amide bonds. The van der Waals surface area contributed by atoms with Crippen LogP contribution in [0.1, 0.15) is 58.9 Å². The minimum Gasteiger partial charge on any atom is -0.257 e. The molecular formula is C17H23F2N. The first-order chi connectivity index (χ1) is 9.45. The van der Waals surface area contributed by atoms with Crippen LogP contribution in [0.25, 0.3) is 5.70 Å². The van der Waals surface area contributed by atoms with E-state index in [1.165, 1.54) is 18.6 Å². The van der Waals surface area contributed by atoms with Gasteiger partial charge in [-0.1, -0.05) is 25.3 Å². The van der Waals surface area contributed by atoms with Crippen molar-refractivity contribution in [1.82, 2.24) is 0 Å². The average Bonchev–Trinajstić information content (AvgIpc) is 2.37. The molecule has 0 radical (unpaired) electrons. The van der Waals surface area contributed by atoms with Crippen molar-refractivity contribution < 1.29 is 8.78 Å². The van der Waals surface area contributed by atoms with Gasteiger partial charge in [0.05, 0.1) is 5.70 Å². The maximum absolute atomic E-state index is 13.9. The molecule has 110 valence electrons. The lowest BCUT2D eigenvalue weighted by Crippen LogP contribution is -1.97. The monoisotopic (exact) mass is 279 g/mol. The molecule has 0 saturated carbocycles. The van der Waals surface area contributed by atoms with Crippen molar-refractivity contribution in [2.24, 2.45) is 4.99 Å². The zero-order valence-electron chi connectivity index (χ0n) is 12.8. The van der Waals surface area contributed by atoms with Crippen molar-refractivity contribution in [3.05, 3.63) is 41.0 Å². The Balaban J connectivity index is 3.02. The molecule has 1 aromatic rings. The van der Waals surface area contributed by atoms with Gasteiger partial charge in [-0.15, -0.1) is 0 Å². The van der Waals surface area contributed by atoms with E-state index >= 15 is 0 Å². The number of aliphatic imine (C=N–C) groups is 1. The minimum atomic E-state index is -0.567. The van der Waals surface area contributed by atoms with Gasteiger partial charge in [-0.05, 0) is 45.7 Å². The molecule has 0 unspecified atom stereocenters. The van der Waals surface area contributed by atoms with Crippen LogP contribution in [-0.2, 0) is 0 Å². The summed E-state index contributed by atoms with van der Waals surface area (Å²) in [6.07, 6.45) is 4.33. The standard InChI is InChI=1S/C17H23F2N/c1-5-6-7-8-13(4)20-17(12(2)3)15-10-9-14(18)11-16(15)19/h9-11H,5-8H2,1-4H3. The molecule has 0 atom stereocenters. The van der Waals surface area contributed by atoms with Crippen LogP contribution in [-0.4, -0.2) is 5.71 Å². The van der Waals surface area contributed by atoms with E-state index in [9.17, 15) is 8.78 Å². The molecule has 1 aromatic carbocycles. The lowest BCUT2D eigenvalue weighted by molar-refractivity contribution is 0.580. The fourth-order valence-electron chi connectivity index (χ4n) is 2.00. The van der Waals surface area contributed by atoms with Gasteiger partial charge in [0.1, 0.15) is 11.6 Å². The maximum atomic E-state index is 13.9. The van der Waals surface area contributed by atoms with E-state index in [2.05, 4.69) is 11.9 Å². The quantitative estimate of drug-likeness (QED) is 0.464. The summed E-state index contributed by atoms with van der Waals surface area (Å²) in [6, 6.07) is 3.62. The van der Waals surface area contributed by atoms with Crippen LogP contribution >= 0.6 is 0 Å². The number of unbranched alkanes of at least 4 members (excludes halogenated alkanes) is 2. The van der Waals surface area contributed by atoms with Crippen LogP contribution in [0.2, 0.25) is 0 Å². The number of benzene rings is 1. The Kier molecular flexibility index (Phi) is 6.56. The van der Waals surface area contributed by atoms with Gasteiger partial charge in [-0.3, -0.25) is 4.99 Å². The van der Waals surface area contributed by atoms with Gasteiger partial charge in [0.2, 0.25) is 0 Å². The van der Waals surface area contributed by atoms with Gasteiger partial charge < -0.3 is 0 Å². The molecule has 0 bridgehead atoms. The number of nitrogens with zero attached hydrogens (tertiary/aromatic N) is 1. The Morgan fingerprint density at radius 2 is 1.80 bits per heavy atom. The maximum Gasteiger partial charge on any atom is 0.135 e. The van der Waals surface area contributed by atoms with Crippen molar-refractivity contribution in [2.45, 2.75) is 53.4 Å². The van der Waals surface area contributed by atoms with Crippen molar-refractivity contribution >= 4 is 11.4 Å². The Morgan fingerprint density at radius 3 is 2.35 bits per heavy atom. The van der Waals surface area contributed by atoms with Gasteiger partial charge in [0.15, 0.2) is 0 Å². The summed E-state index contributed by atoms with van der Waals surface area (Å²) in [7, 11) is 0. The van der Waals surface area contributed by atoms with Crippen molar-refractivity contribution in [2.75, 3.05) is 0 Å². The van der Waals surface area contributed by atoms with E-state index in [1.807, 2.05) is 20.8 Å². The second-order valence-corrected chi connectivity index (χ2v) is 5.28. The predicted octanol–water partition coefficient (Wildman–Crippen LogP) is 5.76. The van der Waals surface area contributed by atoms with E-state index in [1.54, 1.807) is 0 Å². The van der Waals surface area contributed by atoms with Gasteiger partial charge in [0.25, 0.3) is 0 Å². The highest BCUT2D eigenvalue weighted by molar-refractivity contribution is 5.88. The first kappa shape index (κ1) is 16.5. The molecule has 1 nitrogen and oxygen atoms in total. The van der Waals surface area contributed by atoms with Gasteiger partial charge in [-0.25, -0.2) is 8.78 Å². The van der Waals surface area contributed by atoms with Crippen molar-refractivity contribution in [3.63, 3.8) is 0 Å². The topological polar surface area (TPSA) is 12.4 Å². The van der Waals surface area contributed by atoms with Gasteiger partial charge in [-0.2, -0.15) is 0 Å². The molecule has 0 aromatic heterocycles. The molecule has 0 saturated heterocycles. The van der Waals surface area contributed by atoms with E-state index in [4.69, 9.17) is 0 Å².